The number of pyridine rings is 1. The number of aldehydes is 1. The lowest BCUT2D eigenvalue weighted by molar-refractivity contribution is 0.112. The van der Waals surface area contributed by atoms with Gasteiger partial charge in [-0.3, -0.25) is 4.79 Å². The van der Waals surface area contributed by atoms with E-state index in [1.54, 1.807) is 12.1 Å². The van der Waals surface area contributed by atoms with Gasteiger partial charge in [0.05, 0.1) is 5.56 Å². The van der Waals surface area contributed by atoms with Gasteiger partial charge >= 0.3 is 0 Å². The van der Waals surface area contributed by atoms with Crippen LogP contribution in [-0.2, 0) is 0 Å². The predicted octanol–water partition coefficient (Wildman–Crippen LogP) is 2.41. The second kappa shape index (κ2) is 4.10. The van der Waals surface area contributed by atoms with Crippen LogP contribution in [0.25, 0.3) is 11.1 Å². The van der Waals surface area contributed by atoms with Crippen LogP contribution in [0.5, 0.6) is 5.75 Å². The molecule has 1 N–H and O–H groups in total. The van der Waals surface area contributed by atoms with Crippen LogP contribution >= 0.6 is 0 Å². The second-order valence-electron chi connectivity index (χ2n) is 3.26. The molecular formula is C12H8FNO2. The number of hydrogen-bond acceptors (Lipinski definition) is 3. The molecule has 1 heterocycles. The fraction of sp³-hybridized carbons (Fsp3) is 0. The van der Waals surface area contributed by atoms with Gasteiger partial charge < -0.3 is 5.11 Å². The number of benzene rings is 1. The third kappa shape index (κ3) is 1.91. The molecule has 0 radical (unpaired) electrons. The van der Waals surface area contributed by atoms with Gasteiger partial charge in [-0.1, -0.05) is 6.07 Å². The van der Waals surface area contributed by atoms with Crippen molar-refractivity contribution < 1.29 is 14.3 Å². The quantitative estimate of drug-likeness (QED) is 0.620. The van der Waals surface area contributed by atoms with Gasteiger partial charge in [0, 0.05) is 11.8 Å². The lowest BCUT2D eigenvalue weighted by Gasteiger charge is -2.03. The Morgan fingerprint density at radius 1 is 1.19 bits per heavy atom. The maximum absolute atomic E-state index is 12.6. The standard InChI is InChI=1S/C12H8FNO2/c13-12-4-2-9(6-14-12)8-1-3-11(16)10(5-8)7-15/h1-7,16H. The highest BCUT2D eigenvalue weighted by Crippen LogP contribution is 2.24. The third-order valence-corrected chi connectivity index (χ3v) is 2.22. The molecule has 0 saturated carbocycles. The van der Waals surface area contributed by atoms with Gasteiger partial charge in [0.25, 0.3) is 0 Å². The molecule has 0 atom stereocenters. The number of aromatic nitrogens is 1. The van der Waals surface area contributed by atoms with Crippen molar-refractivity contribution in [1.82, 2.24) is 4.98 Å². The smallest absolute Gasteiger partial charge is 0.212 e. The molecule has 0 aliphatic carbocycles. The zero-order valence-electron chi connectivity index (χ0n) is 8.22. The van der Waals surface area contributed by atoms with Crippen molar-refractivity contribution in [2.45, 2.75) is 0 Å². The van der Waals surface area contributed by atoms with Crippen molar-refractivity contribution in [3.05, 3.63) is 48.0 Å². The molecule has 2 rings (SSSR count). The summed E-state index contributed by atoms with van der Waals surface area (Å²) in [4.78, 5) is 14.1. The Labute approximate surface area is 91.2 Å². The molecule has 0 aliphatic rings. The lowest BCUT2D eigenvalue weighted by Crippen LogP contribution is -1.86. The fourth-order valence-corrected chi connectivity index (χ4v) is 1.38. The Kier molecular flexibility index (Phi) is 2.64. The van der Waals surface area contributed by atoms with Crippen molar-refractivity contribution in [3.8, 4) is 16.9 Å². The first-order chi connectivity index (χ1) is 7.70. The van der Waals surface area contributed by atoms with Crippen LogP contribution in [0.3, 0.4) is 0 Å². The van der Waals surface area contributed by atoms with Crippen LogP contribution in [0.2, 0.25) is 0 Å². The van der Waals surface area contributed by atoms with E-state index < -0.39 is 5.95 Å². The maximum atomic E-state index is 12.6. The van der Waals surface area contributed by atoms with E-state index in [0.29, 0.717) is 17.4 Å². The van der Waals surface area contributed by atoms with Crippen molar-refractivity contribution >= 4 is 6.29 Å². The molecule has 0 spiro atoms. The Hall–Kier alpha value is -2.23. The summed E-state index contributed by atoms with van der Waals surface area (Å²) >= 11 is 0. The number of carbonyl (C=O) groups excluding carboxylic acids is 1. The molecule has 0 saturated heterocycles. The summed E-state index contributed by atoms with van der Waals surface area (Å²) in [5.41, 5.74) is 1.58. The molecule has 0 amide bonds. The van der Waals surface area contributed by atoms with Gasteiger partial charge in [0.2, 0.25) is 5.95 Å². The average Bonchev–Trinajstić information content (AvgIpc) is 2.31. The Balaban J connectivity index is 2.48. The van der Waals surface area contributed by atoms with Gasteiger partial charge in [-0.2, -0.15) is 4.39 Å². The van der Waals surface area contributed by atoms with Crippen LogP contribution in [0.15, 0.2) is 36.5 Å². The summed E-state index contributed by atoms with van der Waals surface area (Å²) in [6.07, 6.45) is 1.94. The largest absolute Gasteiger partial charge is 0.507 e. The SMILES string of the molecule is O=Cc1cc(-c2ccc(F)nc2)ccc1O. The zero-order valence-corrected chi connectivity index (χ0v) is 8.22. The Morgan fingerprint density at radius 2 is 1.94 bits per heavy atom. The highest BCUT2D eigenvalue weighted by molar-refractivity contribution is 5.82. The molecule has 0 fully saturated rings. The molecule has 1 aromatic carbocycles. The molecule has 16 heavy (non-hydrogen) atoms. The highest BCUT2D eigenvalue weighted by atomic mass is 19.1. The Bertz CT molecular complexity index is 523. The molecule has 0 aliphatic heterocycles. The molecule has 3 nitrogen and oxygen atoms in total. The van der Waals surface area contributed by atoms with Crippen LogP contribution in [0, 0.1) is 5.95 Å². The van der Waals surface area contributed by atoms with Gasteiger partial charge in [0.1, 0.15) is 5.75 Å². The Morgan fingerprint density at radius 3 is 2.56 bits per heavy atom. The van der Waals surface area contributed by atoms with E-state index in [0.717, 1.165) is 0 Å². The van der Waals surface area contributed by atoms with Crippen molar-refractivity contribution in [3.63, 3.8) is 0 Å². The summed E-state index contributed by atoms with van der Waals surface area (Å²) in [6.45, 7) is 0. The molecule has 80 valence electrons. The summed E-state index contributed by atoms with van der Waals surface area (Å²) in [5, 5.41) is 9.32. The van der Waals surface area contributed by atoms with Gasteiger partial charge in [-0.05, 0) is 29.8 Å². The second-order valence-corrected chi connectivity index (χ2v) is 3.26. The number of phenols is 1. The molecule has 0 unspecified atom stereocenters. The minimum Gasteiger partial charge on any atom is -0.507 e. The summed E-state index contributed by atoms with van der Waals surface area (Å²) in [6, 6.07) is 7.38. The van der Waals surface area contributed by atoms with E-state index in [9.17, 15) is 14.3 Å². The summed E-state index contributed by atoms with van der Waals surface area (Å²) in [7, 11) is 0. The van der Waals surface area contributed by atoms with Crippen molar-refractivity contribution in [2.24, 2.45) is 0 Å². The minimum atomic E-state index is -0.557. The first kappa shape index (κ1) is 10.3. The summed E-state index contributed by atoms with van der Waals surface area (Å²) < 4.78 is 12.6. The summed E-state index contributed by atoms with van der Waals surface area (Å²) in [5.74, 6) is -0.632. The van der Waals surface area contributed by atoms with Gasteiger partial charge in [-0.15, -0.1) is 0 Å². The molecule has 0 bridgehead atoms. The van der Waals surface area contributed by atoms with Crippen LogP contribution in [0.1, 0.15) is 10.4 Å². The number of phenolic OH excluding ortho intramolecular Hbond substituents is 1. The normalized spacial score (nSPS) is 10.1. The van der Waals surface area contributed by atoms with E-state index in [2.05, 4.69) is 4.98 Å². The minimum absolute atomic E-state index is 0.0752. The monoisotopic (exact) mass is 217 g/mol. The first-order valence-corrected chi connectivity index (χ1v) is 4.61. The number of halogens is 1. The van der Waals surface area contributed by atoms with Crippen molar-refractivity contribution in [1.29, 1.82) is 0 Å². The van der Waals surface area contributed by atoms with E-state index >= 15 is 0 Å². The number of rotatable bonds is 2. The maximum Gasteiger partial charge on any atom is 0.212 e. The highest BCUT2D eigenvalue weighted by Gasteiger charge is 2.04. The van der Waals surface area contributed by atoms with E-state index in [-0.39, 0.29) is 11.3 Å². The molecular weight excluding hydrogens is 209 g/mol. The molecule has 4 heteroatoms. The van der Waals surface area contributed by atoms with Crippen LogP contribution in [0.4, 0.5) is 4.39 Å². The van der Waals surface area contributed by atoms with Crippen molar-refractivity contribution in [2.75, 3.05) is 0 Å². The van der Waals surface area contributed by atoms with Crippen LogP contribution in [-0.4, -0.2) is 16.4 Å². The first-order valence-electron chi connectivity index (χ1n) is 4.61. The number of carbonyl (C=O) groups is 1. The van der Waals surface area contributed by atoms with Gasteiger partial charge in [-0.25, -0.2) is 4.98 Å². The predicted molar refractivity (Wildman–Crippen MR) is 56.7 cm³/mol. The van der Waals surface area contributed by atoms with E-state index in [4.69, 9.17) is 0 Å². The molecule has 1 aromatic heterocycles. The number of hydrogen-bond donors (Lipinski definition) is 1. The zero-order chi connectivity index (χ0) is 11.5. The number of nitrogens with zero attached hydrogens (tertiary/aromatic N) is 1. The average molecular weight is 217 g/mol. The molecule has 2 aromatic rings. The van der Waals surface area contributed by atoms with E-state index in [1.165, 1.54) is 24.4 Å². The van der Waals surface area contributed by atoms with Gasteiger partial charge in [0.15, 0.2) is 6.29 Å². The third-order valence-electron chi connectivity index (χ3n) is 2.22. The number of aromatic hydroxyl groups is 1. The topological polar surface area (TPSA) is 50.2 Å². The lowest BCUT2D eigenvalue weighted by atomic mass is 10.0. The van der Waals surface area contributed by atoms with E-state index in [1.807, 2.05) is 0 Å². The fourth-order valence-electron chi connectivity index (χ4n) is 1.38. The van der Waals surface area contributed by atoms with Crippen LogP contribution < -0.4 is 0 Å².